The predicted octanol–water partition coefficient (Wildman–Crippen LogP) is 3.62. The number of carbonyl (C=O) groups is 1. The molecule has 0 unspecified atom stereocenters. The topological polar surface area (TPSA) is 37.3 Å². The van der Waals surface area contributed by atoms with Crippen molar-refractivity contribution in [2.75, 3.05) is 0 Å². The molecule has 94 valence electrons. The SMILES string of the molecule is Cc1ccc(C)cc1.O=C(O)Cc1ccccc1. The summed E-state index contributed by atoms with van der Waals surface area (Å²) in [6, 6.07) is 17.6. The summed E-state index contributed by atoms with van der Waals surface area (Å²) in [6.45, 7) is 4.19. The molecule has 0 bridgehead atoms. The molecule has 2 aromatic rings. The van der Waals surface area contributed by atoms with Crippen LogP contribution in [0.25, 0.3) is 0 Å². The van der Waals surface area contributed by atoms with E-state index in [4.69, 9.17) is 5.11 Å². The van der Waals surface area contributed by atoms with Crippen LogP contribution in [-0.4, -0.2) is 11.1 Å². The van der Waals surface area contributed by atoms with E-state index >= 15 is 0 Å². The van der Waals surface area contributed by atoms with Gasteiger partial charge < -0.3 is 5.11 Å². The van der Waals surface area contributed by atoms with E-state index in [1.54, 1.807) is 12.1 Å². The minimum atomic E-state index is -0.786. The molecule has 0 radical (unpaired) electrons. The molecule has 0 spiro atoms. The molecule has 1 N–H and O–H groups in total. The highest BCUT2D eigenvalue weighted by atomic mass is 16.4. The minimum Gasteiger partial charge on any atom is -0.481 e. The second-order valence-corrected chi connectivity index (χ2v) is 4.21. The van der Waals surface area contributed by atoms with Crippen molar-refractivity contribution in [2.24, 2.45) is 0 Å². The van der Waals surface area contributed by atoms with Gasteiger partial charge in [-0.2, -0.15) is 0 Å². The first-order chi connectivity index (χ1) is 8.58. The summed E-state index contributed by atoms with van der Waals surface area (Å²) in [5.74, 6) is -0.786. The minimum absolute atomic E-state index is 0.112. The molecule has 2 aromatic carbocycles. The number of benzene rings is 2. The molecule has 0 atom stereocenters. The molecule has 0 fully saturated rings. The number of rotatable bonds is 2. The van der Waals surface area contributed by atoms with Crippen molar-refractivity contribution in [3.63, 3.8) is 0 Å². The van der Waals surface area contributed by atoms with E-state index in [0.29, 0.717) is 0 Å². The van der Waals surface area contributed by atoms with E-state index in [0.717, 1.165) is 5.56 Å². The first kappa shape index (κ1) is 14.0. The largest absolute Gasteiger partial charge is 0.481 e. The van der Waals surface area contributed by atoms with E-state index in [-0.39, 0.29) is 6.42 Å². The third-order valence-corrected chi connectivity index (χ3v) is 2.42. The van der Waals surface area contributed by atoms with Gasteiger partial charge in [0.2, 0.25) is 0 Å². The molecule has 18 heavy (non-hydrogen) atoms. The van der Waals surface area contributed by atoms with Gasteiger partial charge in [-0.15, -0.1) is 0 Å². The van der Waals surface area contributed by atoms with Crippen LogP contribution in [0.4, 0.5) is 0 Å². The fraction of sp³-hybridized carbons (Fsp3) is 0.188. The Morgan fingerprint density at radius 1 is 0.889 bits per heavy atom. The lowest BCUT2D eigenvalue weighted by Gasteiger charge is -1.92. The third kappa shape index (κ3) is 5.85. The molecule has 0 aliphatic carbocycles. The molecule has 2 nitrogen and oxygen atoms in total. The highest BCUT2D eigenvalue weighted by Crippen LogP contribution is 1.99. The molecule has 0 aliphatic heterocycles. The predicted molar refractivity (Wildman–Crippen MR) is 73.7 cm³/mol. The van der Waals surface area contributed by atoms with Crippen LogP contribution in [-0.2, 0) is 11.2 Å². The fourth-order valence-corrected chi connectivity index (χ4v) is 1.41. The highest BCUT2D eigenvalue weighted by molar-refractivity contribution is 5.70. The molecule has 0 heterocycles. The Morgan fingerprint density at radius 2 is 1.33 bits per heavy atom. The van der Waals surface area contributed by atoms with Gasteiger partial charge in [0.05, 0.1) is 6.42 Å². The maximum absolute atomic E-state index is 10.2. The first-order valence-electron chi connectivity index (χ1n) is 5.87. The average Bonchev–Trinajstić information content (AvgIpc) is 2.34. The number of hydrogen-bond acceptors (Lipinski definition) is 1. The van der Waals surface area contributed by atoms with E-state index < -0.39 is 5.97 Å². The van der Waals surface area contributed by atoms with Crippen molar-refractivity contribution in [3.05, 3.63) is 71.3 Å². The zero-order chi connectivity index (χ0) is 13.4. The van der Waals surface area contributed by atoms with Gasteiger partial charge in [-0.25, -0.2) is 0 Å². The van der Waals surface area contributed by atoms with Crippen LogP contribution >= 0.6 is 0 Å². The number of carboxylic acids is 1. The Morgan fingerprint density at radius 3 is 1.72 bits per heavy atom. The Balaban J connectivity index is 0.000000184. The Kier molecular flexibility index (Phi) is 5.65. The van der Waals surface area contributed by atoms with E-state index in [1.807, 2.05) is 18.2 Å². The summed E-state index contributed by atoms with van der Waals surface area (Å²) in [6.07, 6.45) is 0.112. The number of aliphatic carboxylic acids is 1. The Hall–Kier alpha value is -2.09. The van der Waals surface area contributed by atoms with Crippen LogP contribution in [0.2, 0.25) is 0 Å². The lowest BCUT2D eigenvalue weighted by Crippen LogP contribution is -1.98. The van der Waals surface area contributed by atoms with Crippen LogP contribution in [0, 0.1) is 13.8 Å². The molecule has 0 aromatic heterocycles. The monoisotopic (exact) mass is 242 g/mol. The van der Waals surface area contributed by atoms with Crippen LogP contribution in [0.1, 0.15) is 16.7 Å². The van der Waals surface area contributed by atoms with Crippen LogP contribution in [0.5, 0.6) is 0 Å². The summed E-state index contributed by atoms with van der Waals surface area (Å²) >= 11 is 0. The van der Waals surface area contributed by atoms with Crippen molar-refractivity contribution < 1.29 is 9.90 Å². The molecule has 0 amide bonds. The second kappa shape index (κ2) is 7.28. The van der Waals surface area contributed by atoms with Crippen molar-refractivity contribution in [1.82, 2.24) is 0 Å². The molecular formula is C16H18O2. The zero-order valence-corrected chi connectivity index (χ0v) is 10.8. The summed E-state index contributed by atoms with van der Waals surface area (Å²) < 4.78 is 0. The van der Waals surface area contributed by atoms with Gasteiger partial charge in [0, 0.05) is 0 Å². The van der Waals surface area contributed by atoms with E-state index in [2.05, 4.69) is 38.1 Å². The van der Waals surface area contributed by atoms with Gasteiger partial charge in [-0.05, 0) is 19.4 Å². The maximum Gasteiger partial charge on any atom is 0.307 e. The van der Waals surface area contributed by atoms with Crippen molar-refractivity contribution in [1.29, 1.82) is 0 Å². The lowest BCUT2D eigenvalue weighted by atomic mass is 10.2. The number of aryl methyl sites for hydroxylation is 2. The molecule has 0 aliphatic rings. The number of hydrogen-bond donors (Lipinski definition) is 1. The lowest BCUT2D eigenvalue weighted by molar-refractivity contribution is -0.136. The molecule has 0 saturated carbocycles. The van der Waals surface area contributed by atoms with Crippen LogP contribution in [0.3, 0.4) is 0 Å². The van der Waals surface area contributed by atoms with Gasteiger partial charge in [-0.3, -0.25) is 4.79 Å². The standard InChI is InChI=1S/C8H8O2.C8H10/c9-8(10)6-7-4-2-1-3-5-7;1-7-3-5-8(2)6-4-7/h1-5H,6H2,(H,9,10);3-6H,1-2H3. The van der Waals surface area contributed by atoms with Gasteiger partial charge in [0.25, 0.3) is 0 Å². The summed E-state index contributed by atoms with van der Waals surface area (Å²) in [7, 11) is 0. The van der Waals surface area contributed by atoms with Crippen molar-refractivity contribution in [3.8, 4) is 0 Å². The summed E-state index contributed by atoms with van der Waals surface area (Å²) in [5, 5.41) is 8.37. The van der Waals surface area contributed by atoms with Crippen molar-refractivity contribution >= 4 is 5.97 Å². The van der Waals surface area contributed by atoms with E-state index in [1.165, 1.54) is 11.1 Å². The van der Waals surface area contributed by atoms with Gasteiger partial charge in [0.15, 0.2) is 0 Å². The highest BCUT2D eigenvalue weighted by Gasteiger charge is 1.96. The normalized spacial score (nSPS) is 9.22. The second-order valence-electron chi connectivity index (χ2n) is 4.21. The summed E-state index contributed by atoms with van der Waals surface area (Å²) in [4.78, 5) is 10.2. The molecule has 2 rings (SSSR count). The quantitative estimate of drug-likeness (QED) is 0.873. The fourth-order valence-electron chi connectivity index (χ4n) is 1.41. The van der Waals surface area contributed by atoms with Gasteiger partial charge in [-0.1, -0.05) is 65.7 Å². The third-order valence-electron chi connectivity index (χ3n) is 2.42. The molecule has 2 heteroatoms. The average molecular weight is 242 g/mol. The van der Waals surface area contributed by atoms with E-state index in [9.17, 15) is 4.79 Å². The molecule has 0 saturated heterocycles. The summed E-state index contributed by atoms with van der Waals surface area (Å²) in [5.41, 5.74) is 3.50. The molecular weight excluding hydrogens is 224 g/mol. The zero-order valence-electron chi connectivity index (χ0n) is 10.8. The maximum atomic E-state index is 10.2. The van der Waals surface area contributed by atoms with Crippen LogP contribution < -0.4 is 0 Å². The smallest absolute Gasteiger partial charge is 0.307 e. The number of carboxylic acid groups (broad SMARTS) is 1. The van der Waals surface area contributed by atoms with Gasteiger partial charge in [0.1, 0.15) is 0 Å². The first-order valence-corrected chi connectivity index (χ1v) is 5.87. The van der Waals surface area contributed by atoms with Gasteiger partial charge >= 0.3 is 5.97 Å². The van der Waals surface area contributed by atoms with Crippen molar-refractivity contribution in [2.45, 2.75) is 20.3 Å². The Bertz CT molecular complexity index is 451. The Labute approximate surface area is 108 Å². The van der Waals surface area contributed by atoms with Crippen LogP contribution in [0.15, 0.2) is 54.6 Å².